The van der Waals surface area contributed by atoms with Gasteiger partial charge in [0.2, 0.25) is 0 Å². The molecule has 0 fully saturated rings. The highest BCUT2D eigenvalue weighted by Gasteiger charge is 2.18. The van der Waals surface area contributed by atoms with E-state index in [1.165, 1.54) is 0 Å². The second-order valence-electron chi connectivity index (χ2n) is 5.40. The number of benzene rings is 2. The fourth-order valence-electron chi connectivity index (χ4n) is 2.36. The minimum absolute atomic E-state index is 0.0117. The summed E-state index contributed by atoms with van der Waals surface area (Å²) < 4.78 is 5.37. The highest BCUT2D eigenvalue weighted by molar-refractivity contribution is 5.94. The lowest BCUT2D eigenvalue weighted by Crippen LogP contribution is -2.36. The van der Waals surface area contributed by atoms with Crippen molar-refractivity contribution in [1.29, 1.82) is 0 Å². The maximum Gasteiger partial charge on any atom is 0.253 e. The number of anilines is 1. The number of para-hydroxylation sites is 1. The molecule has 0 saturated heterocycles. The van der Waals surface area contributed by atoms with Gasteiger partial charge in [-0.05, 0) is 49.2 Å². The molecule has 0 bridgehead atoms. The van der Waals surface area contributed by atoms with Crippen molar-refractivity contribution in [3.63, 3.8) is 0 Å². The summed E-state index contributed by atoms with van der Waals surface area (Å²) in [5.74, 6) is 0.838. The van der Waals surface area contributed by atoms with Crippen LogP contribution in [0, 0.1) is 0 Å². The van der Waals surface area contributed by atoms with Crippen molar-refractivity contribution in [1.82, 2.24) is 4.90 Å². The Kier molecular flexibility index (Phi) is 5.04. The van der Waals surface area contributed by atoms with E-state index >= 15 is 0 Å². The van der Waals surface area contributed by atoms with Gasteiger partial charge in [0.25, 0.3) is 5.91 Å². The maximum atomic E-state index is 12.5. The smallest absolute Gasteiger partial charge is 0.253 e. The molecule has 0 aromatic heterocycles. The van der Waals surface area contributed by atoms with Gasteiger partial charge >= 0.3 is 0 Å². The Balaban J connectivity index is 2.10. The summed E-state index contributed by atoms with van der Waals surface area (Å²) in [7, 11) is 3.48. The maximum absolute atomic E-state index is 12.5. The lowest BCUT2D eigenvalue weighted by Gasteiger charge is -2.25. The molecule has 22 heavy (non-hydrogen) atoms. The van der Waals surface area contributed by atoms with Gasteiger partial charge in [-0.1, -0.05) is 18.2 Å². The van der Waals surface area contributed by atoms with Crippen molar-refractivity contribution in [2.45, 2.75) is 19.4 Å². The lowest BCUT2D eigenvalue weighted by atomic mass is 10.0. The number of methoxy groups -OCH3 is 1. The van der Waals surface area contributed by atoms with Crippen LogP contribution in [0.1, 0.15) is 22.8 Å². The number of hydrogen-bond donors (Lipinski definition) is 1. The van der Waals surface area contributed by atoms with Crippen LogP contribution in [-0.2, 0) is 6.42 Å². The Morgan fingerprint density at radius 1 is 1.18 bits per heavy atom. The normalized spacial score (nSPS) is 11.8. The Morgan fingerprint density at radius 2 is 1.82 bits per heavy atom. The lowest BCUT2D eigenvalue weighted by molar-refractivity contribution is 0.0743. The molecule has 0 spiro atoms. The minimum Gasteiger partial charge on any atom is -0.496 e. The topological polar surface area (TPSA) is 55.6 Å². The number of likely N-dealkylation sites (N-methyl/N-ethyl adjacent to an activating group) is 1. The largest absolute Gasteiger partial charge is 0.496 e. The van der Waals surface area contributed by atoms with E-state index in [1.807, 2.05) is 38.2 Å². The second-order valence-corrected chi connectivity index (χ2v) is 5.40. The number of carbonyl (C=O) groups is 1. The number of amides is 1. The third kappa shape index (κ3) is 3.58. The van der Waals surface area contributed by atoms with E-state index in [0.717, 1.165) is 17.7 Å². The zero-order valence-electron chi connectivity index (χ0n) is 13.2. The van der Waals surface area contributed by atoms with E-state index in [0.29, 0.717) is 11.3 Å². The van der Waals surface area contributed by atoms with E-state index in [-0.39, 0.29) is 11.9 Å². The van der Waals surface area contributed by atoms with Gasteiger partial charge in [-0.15, -0.1) is 0 Å². The number of carbonyl (C=O) groups excluding carboxylic acids is 1. The van der Waals surface area contributed by atoms with Crippen LogP contribution in [0.3, 0.4) is 0 Å². The highest BCUT2D eigenvalue weighted by atomic mass is 16.5. The molecule has 4 heteroatoms. The molecule has 2 aromatic carbocycles. The molecule has 0 aliphatic carbocycles. The summed E-state index contributed by atoms with van der Waals surface area (Å²) in [4.78, 5) is 14.2. The molecule has 0 heterocycles. The fraction of sp³-hybridized carbons (Fsp3) is 0.278. The number of hydrogen-bond acceptors (Lipinski definition) is 3. The summed E-state index contributed by atoms with van der Waals surface area (Å²) in [5, 5.41) is 0. The Bertz CT molecular complexity index is 638. The molecule has 1 atom stereocenters. The van der Waals surface area contributed by atoms with Crippen molar-refractivity contribution in [3.8, 4) is 5.75 Å². The van der Waals surface area contributed by atoms with Gasteiger partial charge in [-0.2, -0.15) is 0 Å². The van der Waals surface area contributed by atoms with E-state index < -0.39 is 0 Å². The zero-order chi connectivity index (χ0) is 16.1. The molecule has 0 aliphatic rings. The van der Waals surface area contributed by atoms with Crippen molar-refractivity contribution in [2.75, 3.05) is 19.9 Å². The zero-order valence-corrected chi connectivity index (χ0v) is 13.2. The van der Waals surface area contributed by atoms with Gasteiger partial charge in [0, 0.05) is 24.3 Å². The quantitative estimate of drug-likeness (QED) is 0.863. The molecule has 116 valence electrons. The molecular weight excluding hydrogens is 276 g/mol. The van der Waals surface area contributed by atoms with Crippen LogP contribution in [-0.4, -0.2) is 31.0 Å². The van der Waals surface area contributed by atoms with Crippen LogP contribution in [0.5, 0.6) is 5.75 Å². The molecule has 2 rings (SSSR count). The van der Waals surface area contributed by atoms with E-state index in [4.69, 9.17) is 10.5 Å². The third-order valence-electron chi connectivity index (χ3n) is 3.85. The molecular formula is C18H22N2O2. The monoisotopic (exact) mass is 298 g/mol. The summed E-state index contributed by atoms with van der Waals surface area (Å²) in [6, 6.07) is 14.9. The van der Waals surface area contributed by atoms with Gasteiger partial charge in [0.05, 0.1) is 7.11 Å². The molecule has 1 unspecified atom stereocenters. The van der Waals surface area contributed by atoms with Crippen LogP contribution in [0.4, 0.5) is 5.69 Å². The van der Waals surface area contributed by atoms with Crippen LogP contribution in [0.2, 0.25) is 0 Å². The SMILES string of the molecule is COc1ccccc1CC(C)N(C)C(=O)c1ccc(N)cc1. The number of rotatable bonds is 5. The summed E-state index contributed by atoms with van der Waals surface area (Å²) in [6.07, 6.45) is 0.737. The van der Waals surface area contributed by atoms with Gasteiger partial charge < -0.3 is 15.4 Å². The molecule has 0 aliphatic heterocycles. The van der Waals surface area contributed by atoms with E-state index in [9.17, 15) is 4.79 Å². The van der Waals surface area contributed by atoms with Gasteiger partial charge in [0.1, 0.15) is 5.75 Å². The molecule has 2 aromatic rings. The number of nitrogens with two attached hydrogens (primary N) is 1. The van der Waals surface area contributed by atoms with Crippen molar-refractivity contribution < 1.29 is 9.53 Å². The van der Waals surface area contributed by atoms with Crippen LogP contribution < -0.4 is 10.5 Å². The fourth-order valence-corrected chi connectivity index (χ4v) is 2.36. The summed E-state index contributed by atoms with van der Waals surface area (Å²) in [6.45, 7) is 2.03. The first-order valence-electron chi connectivity index (χ1n) is 7.27. The average Bonchev–Trinajstić information content (AvgIpc) is 2.54. The van der Waals surface area contributed by atoms with Crippen molar-refractivity contribution in [3.05, 3.63) is 59.7 Å². The first kappa shape index (κ1) is 15.9. The molecule has 2 N–H and O–H groups in total. The Morgan fingerprint density at radius 3 is 2.45 bits per heavy atom. The second kappa shape index (κ2) is 6.98. The number of ether oxygens (including phenoxy) is 1. The molecule has 4 nitrogen and oxygen atoms in total. The summed E-state index contributed by atoms with van der Waals surface area (Å²) >= 11 is 0. The highest BCUT2D eigenvalue weighted by Crippen LogP contribution is 2.21. The Labute approximate surface area is 131 Å². The van der Waals surface area contributed by atoms with Crippen molar-refractivity contribution >= 4 is 11.6 Å². The number of nitrogens with zero attached hydrogens (tertiary/aromatic N) is 1. The van der Waals surface area contributed by atoms with Gasteiger partial charge in [-0.3, -0.25) is 4.79 Å². The van der Waals surface area contributed by atoms with Crippen molar-refractivity contribution in [2.24, 2.45) is 0 Å². The first-order chi connectivity index (χ1) is 10.5. The van der Waals surface area contributed by atoms with E-state index in [1.54, 1.807) is 36.3 Å². The van der Waals surface area contributed by atoms with Gasteiger partial charge in [0.15, 0.2) is 0 Å². The molecule has 0 radical (unpaired) electrons. The van der Waals surface area contributed by atoms with Crippen LogP contribution >= 0.6 is 0 Å². The first-order valence-corrected chi connectivity index (χ1v) is 7.27. The minimum atomic E-state index is -0.0117. The molecule has 0 saturated carbocycles. The predicted octanol–water partition coefficient (Wildman–Crippen LogP) is 2.98. The van der Waals surface area contributed by atoms with E-state index in [2.05, 4.69) is 0 Å². The third-order valence-corrected chi connectivity index (χ3v) is 3.85. The van der Waals surface area contributed by atoms with Crippen LogP contribution in [0.15, 0.2) is 48.5 Å². The Hall–Kier alpha value is -2.49. The predicted molar refractivity (Wildman–Crippen MR) is 89.1 cm³/mol. The molecule has 1 amide bonds. The standard InChI is InChI=1S/C18H22N2O2/c1-13(12-15-6-4-5-7-17(15)22-3)20(2)18(21)14-8-10-16(19)11-9-14/h4-11,13H,12,19H2,1-3H3. The average molecular weight is 298 g/mol. The van der Waals surface area contributed by atoms with Crippen LogP contribution in [0.25, 0.3) is 0 Å². The van der Waals surface area contributed by atoms with Gasteiger partial charge in [-0.25, -0.2) is 0 Å². The number of nitrogen functional groups attached to an aromatic ring is 1. The summed E-state index contributed by atoms with van der Waals surface area (Å²) in [5.41, 5.74) is 8.05.